The van der Waals surface area contributed by atoms with Gasteiger partial charge in [0.1, 0.15) is 22.1 Å². The van der Waals surface area contributed by atoms with Crippen LogP contribution in [0.2, 0.25) is 0 Å². The zero-order valence-corrected chi connectivity index (χ0v) is 12.1. The van der Waals surface area contributed by atoms with E-state index in [-0.39, 0.29) is 17.2 Å². The molecule has 2 aromatic rings. The Hall–Kier alpha value is -1.60. The second-order valence-electron chi connectivity index (χ2n) is 4.42. The van der Waals surface area contributed by atoms with Crippen LogP contribution in [0.1, 0.15) is 28.5 Å². The fourth-order valence-electron chi connectivity index (χ4n) is 1.96. The smallest absolute Gasteiger partial charge is 0.246 e. The Morgan fingerprint density at radius 1 is 1.21 bits per heavy atom. The van der Waals surface area contributed by atoms with Gasteiger partial charge >= 0.3 is 0 Å². The van der Waals surface area contributed by atoms with Gasteiger partial charge in [0, 0.05) is 12.1 Å². The summed E-state index contributed by atoms with van der Waals surface area (Å²) >= 11 is 0. The Morgan fingerprint density at radius 3 is 2.37 bits per heavy atom. The van der Waals surface area contributed by atoms with E-state index in [1.54, 1.807) is 20.8 Å². The van der Waals surface area contributed by atoms with Crippen LogP contribution in [0.5, 0.6) is 0 Å². The number of hydrogen-bond donors (Lipinski definition) is 1. The SMILES string of the molecule is Cc1cc(CNS(=O)(=O)c2c(C)noc2C)c(C)o1. The van der Waals surface area contributed by atoms with Gasteiger partial charge in [0.05, 0.1) is 0 Å². The minimum Gasteiger partial charge on any atom is -0.466 e. The van der Waals surface area contributed by atoms with Gasteiger partial charge in [-0.3, -0.25) is 0 Å². The number of sulfonamides is 1. The quantitative estimate of drug-likeness (QED) is 0.927. The molecule has 0 unspecified atom stereocenters. The lowest BCUT2D eigenvalue weighted by Crippen LogP contribution is -2.24. The Bertz CT molecular complexity index is 678. The number of nitrogens with one attached hydrogen (secondary N) is 1. The first-order valence-electron chi connectivity index (χ1n) is 5.79. The summed E-state index contributed by atoms with van der Waals surface area (Å²) in [5.41, 5.74) is 1.16. The molecule has 0 radical (unpaired) electrons. The molecule has 1 N–H and O–H groups in total. The molecule has 6 nitrogen and oxygen atoms in total. The summed E-state index contributed by atoms with van der Waals surface area (Å²) in [5, 5.41) is 3.65. The zero-order valence-electron chi connectivity index (χ0n) is 11.3. The molecule has 7 heteroatoms. The van der Waals surface area contributed by atoms with Crippen LogP contribution in [0.15, 0.2) is 19.9 Å². The number of aryl methyl sites for hydroxylation is 4. The fraction of sp³-hybridized carbons (Fsp3) is 0.417. The number of nitrogens with zero attached hydrogens (tertiary/aromatic N) is 1. The van der Waals surface area contributed by atoms with Crippen molar-refractivity contribution in [2.45, 2.75) is 39.1 Å². The molecule has 104 valence electrons. The van der Waals surface area contributed by atoms with Gasteiger partial charge in [-0.05, 0) is 33.8 Å². The van der Waals surface area contributed by atoms with Crippen LogP contribution in [0.3, 0.4) is 0 Å². The third-order valence-corrected chi connectivity index (χ3v) is 4.48. The van der Waals surface area contributed by atoms with E-state index in [9.17, 15) is 8.42 Å². The van der Waals surface area contributed by atoms with Crippen LogP contribution >= 0.6 is 0 Å². The lowest BCUT2D eigenvalue weighted by Gasteiger charge is -2.05. The third kappa shape index (κ3) is 2.71. The van der Waals surface area contributed by atoms with Crippen LogP contribution in [0.25, 0.3) is 0 Å². The van der Waals surface area contributed by atoms with Crippen molar-refractivity contribution in [3.05, 3.63) is 34.6 Å². The summed E-state index contributed by atoms with van der Waals surface area (Å²) in [7, 11) is -3.63. The van der Waals surface area contributed by atoms with Gasteiger partial charge in [-0.1, -0.05) is 5.16 Å². The van der Waals surface area contributed by atoms with E-state index >= 15 is 0 Å². The first-order valence-corrected chi connectivity index (χ1v) is 7.28. The molecule has 0 aliphatic heterocycles. The molecule has 0 aliphatic carbocycles. The van der Waals surface area contributed by atoms with Crippen molar-refractivity contribution in [1.29, 1.82) is 0 Å². The monoisotopic (exact) mass is 284 g/mol. The second-order valence-corrected chi connectivity index (χ2v) is 6.12. The summed E-state index contributed by atoms with van der Waals surface area (Å²) in [6.07, 6.45) is 0. The highest BCUT2D eigenvalue weighted by Crippen LogP contribution is 2.20. The van der Waals surface area contributed by atoms with Crippen molar-refractivity contribution in [1.82, 2.24) is 9.88 Å². The molecule has 0 atom stereocenters. The van der Waals surface area contributed by atoms with Crippen LogP contribution in [-0.4, -0.2) is 13.6 Å². The number of hydrogen-bond acceptors (Lipinski definition) is 5. The molecule has 0 saturated heterocycles. The van der Waals surface area contributed by atoms with Crippen LogP contribution < -0.4 is 4.72 Å². The van der Waals surface area contributed by atoms with E-state index in [2.05, 4.69) is 9.88 Å². The summed E-state index contributed by atoms with van der Waals surface area (Å²) in [6.45, 7) is 6.96. The molecule has 2 heterocycles. The largest absolute Gasteiger partial charge is 0.466 e. The molecular weight excluding hydrogens is 268 g/mol. The van der Waals surface area contributed by atoms with Crippen molar-refractivity contribution < 1.29 is 17.4 Å². The molecule has 2 aromatic heterocycles. The number of aromatic nitrogens is 1. The van der Waals surface area contributed by atoms with Crippen LogP contribution in [-0.2, 0) is 16.6 Å². The average molecular weight is 284 g/mol. The van der Waals surface area contributed by atoms with Gasteiger partial charge < -0.3 is 8.94 Å². The lowest BCUT2D eigenvalue weighted by molar-refractivity contribution is 0.390. The van der Waals surface area contributed by atoms with E-state index in [1.807, 2.05) is 13.0 Å². The topological polar surface area (TPSA) is 85.3 Å². The predicted molar refractivity (Wildman–Crippen MR) is 68.2 cm³/mol. The van der Waals surface area contributed by atoms with E-state index < -0.39 is 10.0 Å². The summed E-state index contributed by atoms with van der Waals surface area (Å²) < 4.78 is 37.1. The number of rotatable bonds is 4. The molecule has 0 aliphatic rings. The summed E-state index contributed by atoms with van der Waals surface area (Å²) in [5.74, 6) is 1.74. The first kappa shape index (κ1) is 13.8. The first-order chi connectivity index (χ1) is 8.81. The van der Waals surface area contributed by atoms with E-state index in [4.69, 9.17) is 8.94 Å². The zero-order chi connectivity index (χ0) is 14.2. The molecule has 0 spiro atoms. The minimum atomic E-state index is -3.63. The highest BCUT2D eigenvalue weighted by molar-refractivity contribution is 7.89. The standard InChI is InChI=1S/C12H16N2O4S/c1-7-5-11(9(3)17-7)6-13-19(15,16)12-8(2)14-18-10(12)4/h5,13H,6H2,1-4H3. The highest BCUT2D eigenvalue weighted by atomic mass is 32.2. The minimum absolute atomic E-state index is 0.102. The second kappa shape index (κ2) is 4.82. The van der Waals surface area contributed by atoms with Gasteiger partial charge in [-0.25, -0.2) is 13.1 Å². The molecule has 0 fully saturated rings. The number of furan rings is 1. The summed E-state index contributed by atoms with van der Waals surface area (Å²) in [4.78, 5) is 0.102. The highest BCUT2D eigenvalue weighted by Gasteiger charge is 2.24. The maximum Gasteiger partial charge on any atom is 0.246 e. The van der Waals surface area contributed by atoms with Crippen molar-refractivity contribution in [2.24, 2.45) is 0 Å². The lowest BCUT2D eigenvalue weighted by atomic mass is 10.2. The molecule has 0 amide bonds. The van der Waals surface area contributed by atoms with E-state index in [0.29, 0.717) is 11.5 Å². The Balaban J connectivity index is 2.21. The van der Waals surface area contributed by atoms with Gasteiger partial charge in [0.15, 0.2) is 5.76 Å². The van der Waals surface area contributed by atoms with E-state index in [0.717, 1.165) is 11.3 Å². The van der Waals surface area contributed by atoms with Gasteiger partial charge in [-0.15, -0.1) is 0 Å². The fourth-order valence-corrected chi connectivity index (χ4v) is 3.29. The van der Waals surface area contributed by atoms with Gasteiger partial charge in [0.2, 0.25) is 10.0 Å². The average Bonchev–Trinajstić information content (AvgIpc) is 2.79. The molecular formula is C12H16N2O4S. The molecule has 0 saturated carbocycles. The Morgan fingerprint density at radius 2 is 1.89 bits per heavy atom. The molecule has 0 bridgehead atoms. The van der Waals surface area contributed by atoms with Crippen molar-refractivity contribution in [2.75, 3.05) is 0 Å². The third-order valence-electron chi connectivity index (χ3n) is 2.83. The van der Waals surface area contributed by atoms with Crippen molar-refractivity contribution in [3.63, 3.8) is 0 Å². The van der Waals surface area contributed by atoms with Gasteiger partial charge in [-0.2, -0.15) is 0 Å². The Kier molecular flexibility index (Phi) is 3.51. The maximum atomic E-state index is 12.2. The van der Waals surface area contributed by atoms with E-state index in [1.165, 1.54) is 0 Å². The normalized spacial score (nSPS) is 12.0. The molecule has 0 aromatic carbocycles. The predicted octanol–water partition coefficient (Wildman–Crippen LogP) is 1.98. The maximum absolute atomic E-state index is 12.2. The van der Waals surface area contributed by atoms with Crippen LogP contribution in [0.4, 0.5) is 0 Å². The van der Waals surface area contributed by atoms with Crippen molar-refractivity contribution in [3.8, 4) is 0 Å². The van der Waals surface area contributed by atoms with Crippen molar-refractivity contribution >= 4 is 10.0 Å². The molecule has 2 rings (SSSR count). The van der Waals surface area contributed by atoms with Gasteiger partial charge in [0.25, 0.3) is 0 Å². The van der Waals surface area contributed by atoms with Crippen LogP contribution in [0, 0.1) is 27.7 Å². The summed E-state index contributed by atoms with van der Waals surface area (Å²) in [6, 6.07) is 1.81. The molecule has 19 heavy (non-hydrogen) atoms. The Labute approximate surface area is 111 Å².